The molecule has 0 aromatic heterocycles. The number of rotatable bonds is 8. The van der Waals surface area contributed by atoms with Crippen molar-refractivity contribution in [3.8, 4) is 0 Å². The number of nitro groups is 2. The Morgan fingerprint density at radius 3 is 1.16 bits per heavy atom. The molecule has 2 aromatic rings. The number of hydrogen-bond acceptors (Lipinski definition) is 8. The molecule has 0 N–H and O–H groups in total. The fourth-order valence-corrected chi connectivity index (χ4v) is 3.46. The van der Waals surface area contributed by atoms with Gasteiger partial charge in [0.15, 0.2) is 11.6 Å². The summed E-state index contributed by atoms with van der Waals surface area (Å²) in [6, 6.07) is 6.86. The van der Waals surface area contributed by atoms with Gasteiger partial charge in [-0.25, -0.2) is 0 Å². The zero-order valence-corrected chi connectivity index (χ0v) is 26.0. The third-order valence-electron chi connectivity index (χ3n) is 5.30. The third-order valence-corrected chi connectivity index (χ3v) is 5.77. The van der Waals surface area contributed by atoms with Crippen LogP contribution in [0.5, 0.6) is 0 Å². The summed E-state index contributed by atoms with van der Waals surface area (Å²) in [6.07, 6.45) is 0. The zero-order chi connectivity index (χ0) is 32.7. The van der Waals surface area contributed by atoms with Gasteiger partial charge in [-0.2, -0.15) is 0 Å². The molecule has 1 radical (unpaired) electrons. The molecule has 2 rings (SSSR count). The van der Waals surface area contributed by atoms with E-state index < -0.39 is 66.3 Å². The summed E-state index contributed by atoms with van der Waals surface area (Å²) in [5.74, 6) is -0.179. The van der Waals surface area contributed by atoms with E-state index in [0.29, 0.717) is 0 Å². The number of carbonyl (C=O) groups is 4. The number of Topliss-reactive ketones (excluding diaryl/α,β-unsaturated/α-hetero) is 4. The number of carbonyl (C=O) groups excluding carboxylic acids is 4. The second-order valence-electron chi connectivity index (χ2n) is 10.6. The topological polar surface area (TPSA) is 199 Å². The van der Waals surface area contributed by atoms with Crippen LogP contribution >= 0.6 is 23.2 Å². The van der Waals surface area contributed by atoms with Crippen molar-refractivity contribution in [1.29, 1.82) is 0 Å². The molecule has 0 saturated heterocycles. The van der Waals surface area contributed by atoms with Gasteiger partial charge in [-0.1, -0.05) is 64.7 Å². The van der Waals surface area contributed by atoms with Gasteiger partial charge in [0.05, 0.1) is 21.0 Å². The van der Waals surface area contributed by atoms with Gasteiger partial charge in [0.1, 0.15) is 11.1 Å². The molecule has 15 heteroatoms. The van der Waals surface area contributed by atoms with Crippen LogP contribution in [0, 0.1) is 31.1 Å². The van der Waals surface area contributed by atoms with Gasteiger partial charge in [-0.3, -0.25) is 51.1 Å². The maximum atomic E-state index is 12.3. The molecule has 43 heavy (non-hydrogen) atoms. The summed E-state index contributed by atoms with van der Waals surface area (Å²) in [4.78, 5) is 69.1. The van der Waals surface area contributed by atoms with Crippen molar-refractivity contribution >= 4 is 69.4 Å². The molecule has 0 atom stereocenters. The Kier molecular flexibility index (Phi) is 13.9. The molecule has 0 unspecified atom stereocenters. The minimum Gasteiger partial charge on any atom is -0.763 e. The quantitative estimate of drug-likeness (QED) is 0.0445. The van der Waals surface area contributed by atoms with Gasteiger partial charge in [-0.05, 0) is 24.3 Å². The maximum absolute atomic E-state index is 12.3. The zero-order valence-electron chi connectivity index (χ0n) is 23.6. The van der Waals surface area contributed by atoms with Crippen molar-refractivity contribution in [2.75, 3.05) is 0 Å². The molecular formula is C28H24Cl2CuN4O8. The molecule has 0 aliphatic carbocycles. The summed E-state index contributed by atoms with van der Waals surface area (Å²) < 4.78 is 0. The van der Waals surface area contributed by atoms with Crippen LogP contribution in [0.15, 0.2) is 47.5 Å². The summed E-state index contributed by atoms with van der Waals surface area (Å²) in [5.41, 5.74) is -4.90. The summed E-state index contributed by atoms with van der Waals surface area (Å²) in [7, 11) is 0. The van der Waals surface area contributed by atoms with E-state index in [2.05, 4.69) is 0 Å². The van der Waals surface area contributed by atoms with Crippen molar-refractivity contribution in [3.63, 3.8) is 0 Å². The molecule has 12 nitrogen and oxygen atoms in total. The molecule has 0 aliphatic heterocycles. The molecular weight excluding hydrogens is 655 g/mol. The van der Waals surface area contributed by atoms with Crippen molar-refractivity contribution in [1.82, 2.24) is 0 Å². The van der Waals surface area contributed by atoms with Gasteiger partial charge in [0.25, 0.3) is 11.4 Å². The van der Waals surface area contributed by atoms with Crippen LogP contribution in [0.4, 0.5) is 11.4 Å². The first-order valence-electron chi connectivity index (χ1n) is 11.8. The van der Waals surface area contributed by atoms with Gasteiger partial charge in [0, 0.05) is 33.0 Å². The molecule has 0 amide bonds. The van der Waals surface area contributed by atoms with Gasteiger partial charge in [-0.15, -0.1) is 0 Å². The van der Waals surface area contributed by atoms with Crippen molar-refractivity contribution in [2.24, 2.45) is 10.8 Å². The third kappa shape index (κ3) is 10.0. The fourth-order valence-electron chi connectivity index (χ4n) is 3.12. The minimum absolute atomic E-state index is 0. The van der Waals surface area contributed by atoms with Crippen LogP contribution in [0.3, 0.4) is 0 Å². The minimum atomic E-state index is -0.971. The van der Waals surface area contributed by atoms with Crippen LogP contribution in [0.1, 0.15) is 62.3 Å². The Morgan fingerprint density at radius 1 is 0.674 bits per heavy atom. The monoisotopic (exact) mass is 677 g/mol. The molecule has 0 saturated carbocycles. The Labute approximate surface area is 266 Å². The normalized spacial score (nSPS) is 10.4. The Balaban J connectivity index is 0.000000802. The van der Waals surface area contributed by atoms with Crippen LogP contribution in [-0.2, 0) is 26.7 Å². The first-order valence-corrected chi connectivity index (χ1v) is 12.6. The van der Waals surface area contributed by atoms with E-state index in [4.69, 9.17) is 34.0 Å². The standard InChI is InChI=1S/2C14H12ClN2O4.Cu/c2*1-14(2,3)13(19)10(7-16)12(18)9-5-4-8(15)6-11(9)17(20)21;/h2*4-6H,1-3H3;/q2*-1;+2. The number of nitrogens with zero attached hydrogens (tertiary/aromatic N) is 4. The summed E-state index contributed by atoms with van der Waals surface area (Å²) in [6.45, 7) is 9.31. The number of halogens is 2. The smallest absolute Gasteiger partial charge is 0.763 e. The van der Waals surface area contributed by atoms with Crippen LogP contribution in [0.2, 0.25) is 10.0 Å². The predicted octanol–water partition coefficient (Wildman–Crippen LogP) is 6.42. The van der Waals surface area contributed by atoms with Crippen LogP contribution < -0.4 is 0 Å². The molecule has 0 aliphatic rings. The average Bonchev–Trinajstić information content (AvgIpc) is 2.88. The Bertz CT molecular complexity index is 1490. The van der Waals surface area contributed by atoms with Crippen LogP contribution in [0.25, 0.3) is 10.8 Å². The first kappa shape index (κ1) is 38.9. The molecule has 229 valence electrons. The maximum Gasteiger partial charge on any atom is 2.00 e. The second kappa shape index (κ2) is 15.4. The first-order chi connectivity index (χ1) is 19.2. The van der Waals surface area contributed by atoms with Crippen molar-refractivity contribution in [2.45, 2.75) is 41.5 Å². The van der Waals surface area contributed by atoms with E-state index in [1.54, 1.807) is 53.3 Å². The number of ketones is 4. The van der Waals surface area contributed by atoms with E-state index in [1.165, 1.54) is 12.1 Å². The number of nitro benzene ring substituents is 2. The number of hydrogen-bond donors (Lipinski definition) is 0. The second-order valence-corrected chi connectivity index (χ2v) is 11.5. The van der Waals surface area contributed by atoms with E-state index >= 15 is 0 Å². The van der Waals surface area contributed by atoms with Gasteiger partial charge in [0.2, 0.25) is 11.6 Å². The molecule has 0 heterocycles. The summed E-state index contributed by atoms with van der Waals surface area (Å²) in [5, 5.41) is 40.2. The Hall–Kier alpha value is -4.08. The van der Waals surface area contributed by atoms with E-state index in [-0.39, 0.29) is 38.2 Å². The van der Waals surface area contributed by atoms with E-state index in [0.717, 1.165) is 24.3 Å². The fraction of sp³-hybridized carbons (Fsp3) is 0.286. The summed E-state index contributed by atoms with van der Waals surface area (Å²) >= 11 is 11.3. The van der Waals surface area contributed by atoms with Crippen molar-refractivity contribution in [3.05, 3.63) is 99.8 Å². The molecule has 0 spiro atoms. The molecule has 0 bridgehead atoms. The van der Waals surface area contributed by atoms with Crippen molar-refractivity contribution < 1.29 is 46.1 Å². The van der Waals surface area contributed by atoms with Gasteiger partial charge >= 0.3 is 17.1 Å². The van der Waals surface area contributed by atoms with E-state index in [9.17, 15) is 39.4 Å². The number of benzene rings is 2. The van der Waals surface area contributed by atoms with E-state index in [1.807, 2.05) is 0 Å². The SMILES string of the molecule is CC(C)(C)C(=O)C(=C=[N-])C(=O)c1ccc(Cl)cc1[N+](=O)[O-].CC(C)(C)C(=O)C(=C=[N-])C(=O)c1ccc(Cl)cc1[N+](=O)[O-].[Cu+2]. The molecule has 0 fully saturated rings. The van der Waals surface area contributed by atoms with Gasteiger partial charge < -0.3 is 10.8 Å². The van der Waals surface area contributed by atoms with Crippen LogP contribution in [-0.4, -0.2) is 44.7 Å². The largest absolute Gasteiger partial charge is 2.00 e. The number of allylic oxidation sites excluding steroid dienone is 2. The Morgan fingerprint density at radius 2 is 0.953 bits per heavy atom. The average molecular weight is 679 g/mol. The molecule has 2 aromatic carbocycles. The predicted molar refractivity (Wildman–Crippen MR) is 158 cm³/mol.